The van der Waals surface area contributed by atoms with E-state index in [1.165, 1.54) is 5.56 Å². The van der Waals surface area contributed by atoms with Crippen molar-refractivity contribution in [2.45, 2.75) is 19.8 Å². The Balaban J connectivity index is 2.35. The molecule has 1 aromatic heterocycles. The molecule has 0 fully saturated rings. The van der Waals surface area contributed by atoms with E-state index >= 15 is 0 Å². The van der Waals surface area contributed by atoms with Crippen molar-refractivity contribution in [1.29, 1.82) is 0 Å². The van der Waals surface area contributed by atoms with Crippen molar-refractivity contribution in [2.75, 3.05) is 17.2 Å². The van der Waals surface area contributed by atoms with Crippen molar-refractivity contribution in [2.24, 2.45) is 0 Å². The van der Waals surface area contributed by atoms with E-state index in [1.54, 1.807) is 6.20 Å². The number of aryl methyl sites for hydroxylation is 1. The number of aromatic nitrogens is 1. The van der Waals surface area contributed by atoms with Crippen LogP contribution in [0, 0.1) is 0 Å². The first-order valence-electron chi connectivity index (χ1n) is 4.82. The standard InChI is InChI=1S/C10H13N3O/c1-2-7-5-8-10(12-6-7)13-9(14)3-4-11-8/h5-6,11H,2-4H2,1H3,(H,12,13,14). The molecule has 0 saturated heterocycles. The summed E-state index contributed by atoms with van der Waals surface area (Å²) in [7, 11) is 0. The minimum absolute atomic E-state index is 0.0213. The zero-order valence-corrected chi connectivity index (χ0v) is 8.13. The van der Waals surface area contributed by atoms with Gasteiger partial charge in [0.25, 0.3) is 0 Å². The summed E-state index contributed by atoms with van der Waals surface area (Å²) in [5.74, 6) is 0.665. The van der Waals surface area contributed by atoms with E-state index in [4.69, 9.17) is 0 Å². The summed E-state index contributed by atoms with van der Waals surface area (Å²) >= 11 is 0. The summed E-state index contributed by atoms with van der Waals surface area (Å²) in [4.78, 5) is 15.4. The zero-order chi connectivity index (χ0) is 9.97. The fraction of sp³-hybridized carbons (Fsp3) is 0.400. The molecule has 0 saturated carbocycles. The number of carbonyl (C=O) groups excluding carboxylic acids is 1. The minimum atomic E-state index is 0.0213. The van der Waals surface area contributed by atoms with E-state index < -0.39 is 0 Å². The van der Waals surface area contributed by atoms with Gasteiger partial charge in [0.2, 0.25) is 5.91 Å². The number of carbonyl (C=O) groups is 1. The second-order valence-electron chi connectivity index (χ2n) is 3.32. The van der Waals surface area contributed by atoms with E-state index in [9.17, 15) is 4.79 Å². The summed E-state index contributed by atoms with van der Waals surface area (Å²) < 4.78 is 0. The van der Waals surface area contributed by atoms with Crippen molar-refractivity contribution in [3.63, 3.8) is 0 Å². The van der Waals surface area contributed by atoms with E-state index in [0.717, 1.165) is 12.1 Å². The Hall–Kier alpha value is -1.58. The molecular weight excluding hydrogens is 178 g/mol. The maximum Gasteiger partial charge on any atom is 0.227 e. The maximum absolute atomic E-state index is 11.2. The Morgan fingerprint density at radius 1 is 1.57 bits per heavy atom. The molecule has 0 atom stereocenters. The Morgan fingerprint density at radius 2 is 2.43 bits per heavy atom. The van der Waals surface area contributed by atoms with Gasteiger partial charge >= 0.3 is 0 Å². The Bertz CT molecular complexity index is 362. The summed E-state index contributed by atoms with van der Waals surface area (Å²) in [6.07, 6.45) is 3.25. The second kappa shape index (κ2) is 3.65. The zero-order valence-electron chi connectivity index (χ0n) is 8.13. The lowest BCUT2D eigenvalue weighted by Crippen LogP contribution is -2.11. The Labute approximate surface area is 82.7 Å². The van der Waals surface area contributed by atoms with Gasteiger partial charge < -0.3 is 10.6 Å². The van der Waals surface area contributed by atoms with Crippen LogP contribution in [-0.4, -0.2) is 17.4 Å². The predicted molar refractivity (Wildman–Crippen MR) is 55.4 cm³/mol. The Kier molecular flexibility index (Phi) is 2.35. The Morgan fingerprint density at radius 3 is 3.21 bits per heavy atom. The SMILES string of the molecule is CCc1cnc2c(c1)NCCC(=O)N2. The van der Waals surface area contributed by atoms with Gasteiger partial charge in [-0.2, -0.15) is 0 Å². The van der Waals surface area contributed by atoms with Crippen molar-refractivity contribution in [3.8, 4) is 0 Å². The third-order valence-electron chi connectivity index (χ3n) is 2.28. The molecule has 74 valence electrons. The van der Waals surface area contributed by atoms with Gasteiger partial charge in [-0.05, 0) is 18.1 Å². The average molecular weight is 191 g/mol. The first-order chi connectivity index (χ1) is 6.79. The molecular formula is C10H13N3O. The van der Waals surface area contributed by atoms with E-state index in [2.05, 4.69) is 22.5 Å². The van der Waals surface area contributed by atoms with Gasteiger partial charge in [0, 0.05) is 19.2 Å². The van der Waals surface area contributed by atoms with E-state index in [0.29, 0.717) is 18.8 Å². The second-order valence-corrected chi connectivity index (χ2v) is 3.32. The summed E-state index contributed by atoms with van der Waals surface area (Å²) in [5, 5.41) is 5.95. The fourth-order valence-electron chi connectivity index (χ4n) is 1.44. The molecule has 1 aliphatic heterocycles. The highest BCUT2D eigenvalue weighted by Gasteiger charge is 2.12. The molecule has 0 spiro atoms. The van der Waals surface area contributed by atoms with E-state index in [1.807, 2.05) is 6.07 Å². The first kappa shape index (κ1) is 8.99. The van der Waals surface area contributed by atoms with Crippen LogP contribution in [0.2, 0.25) is 0 Å². The smallest absolute Gasteiger partial charge is 0.227 e. The fourth-order valence-corrected chi connectivity index (χ4v) is 1.44. The molecule has 4 heteroatoms. The molecule has 0 radical (unpaired) electrons. The molecule has 2 heterocycles. The molecule has 0 aromatic carbocycles. The van der Waals surface area contributed by atoms with Crippen LogP contribution >= 0.6 is 0 Å². The molecule has 2 N–H and O–H groups in total. The van der Waals surface area contributed by atoms with Crippen molar-refractivity contribution in [1.82, 2.24) is 4.98 Å². The lowest BCUT2D eigenvalue weighted by atomic mass is 10.2. The lowest BCUT2D eigenvalue weighted by molar-refractivity contribution is -0.115. The summed E-state index contributed by atoms with van der Waals surface area (Å²) in [6.45, 7) is 2.76. The number of nitrogens with zero attached hydrogens (tertiary/aromatic N) is 1. The number of hydrogen-bond acceptors (Lipinski definition) is 3. The third kappa shape index (κ3) is 1.69. The van der Waals surface area contributed by atoms with Gasteiger partial charge in [-0.15, -0.1) is 0 Å². The highest BCUT2D eigenvalue weighted by molar-refractivity contribution is 5.94. The van der Waals surface area contributed by atoms with Gasteiger partial charge in [-0.25, -0.2) is 4.98 Å². The van der Waals surface area contributed by atoms with Crippen LogP contribution in [0.15, 0.2) is 12.3 Å². The monoisotopic (exact) mass is 191 g/mol. The topological polar surface area (TPSA) is 54.0 Å². The minimum Gasteiger partial charge on any atom is -0.382 e. The number of pyridine rings is 1. The van der Waals surface area contributed by atoms with Crippen LogP contribution in [0.1, 0.15) is 18.9 Å². The van der Waals surface area contributed by atoms with Crippen LogP contribution in [0.4, 0.5) is 11.5 Å². The van der Waals surface area contributed by atoms with Crippen LogP contribution in [0.3, 0.4) is 0 Å². The number of nitrogens with one attached hydrogen (secondary N) is 2. The summed E-state index contributed by atoms with van der Waals surface area (Å²) in [6, 6.07) is 2.04. The third-order valence-corrected chi connectivity index (χ3v) is 2.28. The van der Waals surface area contributed by atoms with Crippen molar-refractivity contribution < 1.29 is 4.79 Å². The van der Waals surface area contributed by atoms with Gasteiger partial charge in [0.05, 0.1) is 5.69 Å². The number of amides is 1. The van der Waals surface area contributed by atoms with Crippen molar-refractivity contribution in [3.05, 3.63) is 17.8 Å². The maximum atomic E-state index is 11.2. The van der Waals surface area contributed by atoms with Crippen LogP contribution in [-0.2, 0) is 11.2 Å². The number of hydrogen-bond donors (Lipinski definition) is 2. The highest BCUT2D eigenvalue weighted by atomic mass is 16.1. The normalized spacial score (nSPS) is 15.1. The molecule has 1 amide bonds. The molecule has 4 nitrogen and oxygen atoms in total. The number of fused-ring (bicyclic) bond motifs is 1. The van der Waals surface area contributed by atoms with Crippen LogP contribution in [0.5, 0.6) is 0 Å². The van der Waals surface area contributed by atoms with Gasteiger partial charge in [0.15, 0.2) is 5.82 Å². The first-order valence-corrected chi connectivity index (χ1v) is 4.82. The summed E-state index contributed by atoms with van der Waals surface area (Å²) in [5.41, 5.74) is 2.10. The molecule has 1 aromatic rings. The van der Waals surface area contributed by atoms with Crippen molar-refractivity contribution >= 4 is 17.4 Å². The largest absolute Gasteiger partial charge is 0.382 e. The molecule has 0 aliphatic carbocycles. The molecule has 0 bridgehead atoms. The molecule has 0 unspecified atom stereocenters. The predicted octanol–water partition coefficient (Wildman–Crippen LogP) is 1.40. The molecule has 2 rings (SSSR count). The number of anilines is 2. The lowest BCUT2D eigenvalue weighted by Gasteiger charge is -2.07. The van der Waals surface area contributed by atoms with Gasteiger partial charge in [0.1, 0.15) is 0 Å². The van der Waals surface area contributed by atoms with Gasteiger partial charge in [-0.3, -0.25) is 4.79 Å². The molecule has 1 aliphatic rings. The van der Waals surface area contributed by atoms with Crippen LogP contribution < -0.4 is 10.6 Å². The van der Waals surface area contributed by atoms with E-state index in [-0.39, 0.29) is 5.91 Å². The molecule has 14 heavy (non-hydrogen) atoms. The van der Waals surface area contributed by atoms with Gasteiger partial charge in [-0.1, -0.05) is 6.92 Å². The quantitative estimate of drug-likeness (QED) is 0.705. The van der Waals surface area contributed by atoms with Crippen LogP contribution in [0.25, 0.3) is 0 Å². The average Bonchev–Trinajstić information content (AvgIpc) is 2.37. The number of rotatable bonds is 1. The highest BCUT2D eigenvalue weighted by Crippen LogP contribution is 2.22.